The molecule has 0 aliphatic heterocycles. The van der Waals surface area contributed by atoms with Gasteiger partial charge < -0.3 is 5.32 Å². The van der Waals surface area contributed by atoms with Crippen LogP contribution in [0.1, 0.15) is 17.3 Å². The molecule has 0 bridgehead atoms. The second-order valence-electron chi connectivity index (χ2n) is 3.77. The van der Waals surface area contributed by atoms with Crippen molar-refractivity contribution in [3.05, 3.63) is 53.2 Å². The van der Waals surface area contributed by atoms with Crippen LogP contribution >= 0.6 is 11.6 Å². The van der Waals surface area contributed by atoms with Gasteiger partial charge in [-0.05, 0) is 31.2 Å². The van der Waals surface area contributed by atoms with Crippen molar-refractivity contribution in [1.29, 1.82) is 0 Å². The number of carbonyl (C=O) groups excluding carboxylic acids is 1. The van der Waals surface area contributed by atoms with Crippen molar-refractivity contribution in [1.82, 2.24) is 10.3 Å². The van der Waals surface area contributed by atoms with Gasteiger partial charge in [-0.3, -0.25) is 9.78 Å². The molecular weight excluding hydrogens is 248 g/mol. The second kappa shape index (κ2) is 5.65. The van der Waals surface area contributed by atoms with Gasteiger partial charge in [0.1, 0.15) is 0 Å². The molecule has 1 aromatic carbocycles. The molecule has 1 N–H and O–H groups in total. The Balaban J connectivity index is 2.28. The first kappa shape index (κ1) is 12.6. The van der Waals surface area contributed by atoms with E-state index >= 15 is 0 Å². The molecule has 0 radical (unpaired) electrons. The minimum Gasteiger partial charge on any atom is -0.352 e. The van der Waals surface area contributed by atoms with Crippen molar-refractivity contribution in [2.75, 3.05) is 6.54 Å². The van der Waals surface area contributed by atoms with Gasteiger partial charge >= 0.3 is 0 Å². The Labute approximate surface area is 111 Å². The van der Waals surface area contributed by atoms with Gasteiger partial charge in [0.25, 0.3) is 5.91 Å². The maximum absolute atomic E-state index is 11.6. The zero-order valence-electron chi connectivity index (χ0n) is 9.98. The van der Waals surface area contributed by atoms with E-state index in [1.54, 1.807) is 30.5 Å². The highest BCUT2D eigenvalue weighted by Crippen LogP contribution is 2.25. The third-order valence-corrected chi connectivity index (χ3v) is 2.82. The first-order chi connectivity index (χ1) is 8.72. The van der Waals surface area contributed by atoms with Gasteiger partial charge in [-0.15, -0.1) is 0 Å². The van der Waals surface area contributed by atoms with E-state index in [9.17, 15) is 4.79 Å². The molecule has 0 fully saturated rings. The lowest BCUT2D eigenvalue weighted by atomic mass is 10.1. The van der Waals surface area contributed by atoms with Gasteiger partial charge in [-0.25, -0.2) is 0 Å². The van der Waals surface area contributed by atoms with Gasteiger partial charge in [-0.2, -0.15) is 0 Å². The second-order valence-corrected chi connectivity index (χ2v) is 4.18. The number of aromatic nitrogens is 1. The number of pyridine rings is 1. The summed E-state index contributed by atoms with van der Waals surface area (Å²) in [6, 6.07) is 10.8. The van der Waals surface area contributed by atoms with E-state index in [-0.39, 0.29) is 5.91 Å². The average Bonchev–Trinajstić information content (AvgIpc) is 2.40. The summed E-state index contributed by atoms with van der Waals surface area (Å²) in [6.07, 6.45) is 1.69. The van der Waals surface area contributed by atoms with Gasteiger partial charge in [0, 0.05) is 23.9 Å². The number of carbonyl (C=O) groups is 1. The van der Waals surface area contributed by atoms with Crippen LogP contribution in [0.15, 0.2) is 42.6 Å². The summed E-state index contributed by atoms with van der Waals surface area (Å²) < 4.78 is 0. The molecule has 4 heteroatoms. The molecule has 0 aliphatic carbocycles. The molecule has 1 aromatic heterocycles. The Morgan fingerprint density at radius 3 is 2.61 bits per heavy atom. The molecule has 2 aromatic rings. The lowest BCUT2D eigenvalue weighted by Gasteiger charge is -2.05. The number of halogens is 1. The topological polar surface area (TPSA) is 42.0 Å². The number of amides is 1. The highest BCUT2D eigenvalue weighted by molar-refractivity contribution is 6.33. The molecular formula is C14H13ClN2O. The monoisotopic (exact) mass is 260 g/mol. The minimum absolute atomic E-state index is 0.0730. The Hall–Kier alpha value is -1.87. The summed E-state index contributed by atoms with van der Waals surface area (Å²) in [6.45, 7) is 2.51. The van der Waals surface area contributed by atoms with Gasteiger partial charge in [0.05, 0.1) is 10.7 Å². The van der Waals surface area contributed by atoms with Crippen LogP contribution in [-0.4, -0.2) is 17.4 Å². The molecule has 0 aliphatic rings. The van der Waals surface area contributed by atoms with Crippen LogP contribution in [0.2, 0.25) is 5.02 Å². The Kier molecular flexibility index (Phi) is 3.95. The first-order valence-corrected chi connectivity index (χ1v) is 6.09. The molecule has 18 heavy (non-hydrogen) atoms. The van der Waals surface area contributed by atoms with Crippen LogP contribution in [0.4, 0.5) is 0 Å². The van der Waals surface area contributed by atoms with Gasteiger partial charge in [0.2, 0.25) is 0 Å². The largest absolute Gasteiger partial charge is 0.352 e. The molecule has 0 saturated carbocycles. The van der Waals surface area contributed by atoms with Crippen molar-refractivity contribution in [3.8, 4) is 11.3 Å². The average molecular weight is 261 g/mol. The molecule has 1 amide bonds. The van der Waals surface area contributed by atoms with E-state index in [0.29, 0.717) is 17.1 Å². The summed E-state index contributed by atoms with van der Waals surface area (Å²) in [7, 11) is 0. The van der Waals surface area contributed by atoms with Crippen molar-refractivity contribution >= 4 is 17.5 Å². The maximum atomic E-state index is 11.6. The summed E-state index contributed by atoms with van der Waals surface area (Å²) >= 11 is 6.07. The molecule has 0 atom stereocenters. The predicted molar refractivity (Wildman–Crippen MR) is 72.7 cm³/mol. The van der Waals surface area contributed by atoms with E-state index in [1.165, 1.54) is 0 Å². The number of rotatable bonds is 3. The number of benzene rings is 1. The fourth-order valence-electron chi connectivity index (χ4n) is 1.64. The normalized spacial score (nSPS) is 10.1. The molecule has 0 spiro atoms. The summed E-state index contributed by atoms with van der Waals surface area (Å²) in [4.78, 5) is 15.8. The Bertz CT molecular complexity index is 552. The van der Waals surface area contributed by atoms with Crippen LogP contribution in [0, 0.1) is 0 Å². The first-order valence-electron chi connectivity index (χ1n) is 5.71. The van der Waals surface area contributed by atoms with E-state index in [4.69, 9.17) is 11.6 Å². The van der Waals surface area contributed by atoms with Gasteiger partial charge in [0.15, 0.2) is 0 Å². The highest BCUT2D eigenvalue weighted by atomic mass is 35.5. The SMILES string of the molecule is CCNC(=O)c1ccc(-c2ncccc2Cl)cc1. The summed E-state index contributed by atoms with van der Waals surface area (Å²) in [5, 5.41) is 3.35. The molecule has 0 unspecified atom stereocenters. The standard InChI is InChI=1S/C14H13ClN2O/c1-2-16-14(18)11-7-5-10(6-8-11)13-12(15)4-3-9-17-13/h3-9H,2H2,1H3,(H,16,18). The third kappa shape index (κ3) is 2.68. The zero-order valence-corrected chi connectivity index (χ0v) is 10.7. The molecule has 3 nitrogen and oxygen atoms in total. The van der Waals surface area contributed by atoms with Crippen LogP contribution in [0.5, 0.6) is 0 Å². The van der Waals surface area contributed by atoms with E-state index in [0.717, 1.165) is 11.3 Å². The quantitative estimate of drug-likeness (QED) is 0.921. The van der Waals surface area contributed by atoms with Gasteiger partial charge in [-0.1, -0.05) is 23.7 Å². The number of hydrogen-bond acceptors (Lipinski definition) is 2. The lowest BCUT2D eigenvalue weighted by Crippen LogP contribution is -2.22. The summed E-state index contributed by atoms with van der Waals surface area (Å²) in [5.74, 6) is -0.0730. The molecule has 1 heterocycles. The predicted octanol–water partition coefficient (Wildman–Crippen LogP) is 3.15. The minimum atomic E-state index is -0.0730. The zero-order chi connectivity index (χ0) is 13.0. The molecule has 0 saturated heterocycles. The van der Waals surface area contributed by atoms with Crippen molar-refractivity contribution < 1.29 is 4.79 Å². The third-order valence-electron chi connectivity index (χ3n) is 2.52. The Morgan fingerprint density at radius 1 is 1.28 bits per heavy atom. The van der Waals surface area contributed by atoms with Crippen molar-refractivity contribution in [2.24, 2.45) is 0 Å². The molecule has 92 valence electrons. The van der Waals surface area contributed by atoms with Crippen molar-refractivity contribution in [2.45, 2.75) is 6.92 Å². The highest BCUT2D eigenvalue weighted by Gasteiger charge is 2.07. The molecule has 2 rings (SSSR count). The van der Waals surface area contributed by atoms with Crippen LogP contribution in [0.25, 0.3) is 11.3 Å². The van der Waals surface area contributed by atoms with Crippen LogP contribution in [-0.2, 0) is 0 Å². The maximum Gasteiger partial charge on any atom is 0.251 e. The lowest BCUT2D eigenvalue weighted by molar-refractivity contribution is 0.0956. The van der Waals surface area contributed by atoms with Crippen LogP contribution < -0.4 is 5.32 Å². The van der Waals surface area contributed by atoms with E-state index in [2.05, 4.69) is 10.3 Å². The van der Waals surface area contributed by atoms with Crippen LogP contribution in [0.3, 0.4) is 0 Å². The number of hydrogen-bond donors (Lipinski definition) is 1. The number of nitrogens with one attached hydrogen (secondary N) is 1. The fraction of sp³-hybridized carbons (Fsp3) is 0.143. The van der Waals surface area contributed by atoms with E-state index < -0.39 is 0 Å². The van der Waals surface area contributed by atoms with Crippen molar-refractivity contribution in [3.63, 3.8) is 0 Å². The summed E-state index contributed by atoms with van der Waals surface area (Å²) in [5.41, 5.74) is 2.25. The fourth-order valence-corrected chi connectivity index (χ4v) is 1.87. The van der Waals surface area contributed by atoms with E-state index in [1.807, 2.05) is 19.1 Å². The Morgan fingerprint density at radius 2 is 2.00 bits per heavy atom. The smallest absolute Gasteiger partial charge is 0.251 e. The number of nitrogens with zero attached hydrogens (tertiary/aromatic N) is 1.